The van der Waals surface area contributed by atoms with Crippen LogP contribution in [0, 0.1) is 0 Å². The van der Waals surface area contributed by atoms with Gasteiger partial charge in [-0.1, -0.05) is 264 Å². The molecule has 1 atom stereocenters. The van der Waals surface area contributed by atoms with Crippen LogP contribution in [-0.2, 0) is 28.6 Å². The number of rotatable bonds is 53. The Labute approximate surface area is 450 Å². The normalized spacial score (nSPS) is 13.0. The molecule has 0 spiro atoms. The van der Waals surface area contributed by atoms with Gasteiger partial charge < -0.3 is 14.2 Å². The van der Waals surface area contributed by atoms with Crippen LogP contribution in [0.15, 0.2) is 122 Å². The SMILES string of the molecule is CC/C=C\C/C=C\C/C=C\C/C=C\C/C=C\CCCCCCCCCCCCCCCCCCCC(=O)OCC(COC(=O)CCCCCCC)OC(=O)CCC/C=C\C/C=C\C/C=C\C/C=C\C/C=C\CC. The predicted octanol–water partition coefficient (Wildman–Crippen LogP) is 20.4. The molecule has 0 saturated carbocycles. The van der Waals surface area contributed by atoms with E-state index in [1.165, 1.54) is 96.3 Å². The van der Waals surface area contributed by atoms with Gasteiger partial charge in [-0.25, -0.2) is 0 Å². The molecule has 0 radical (unpaired) electrons. The molecule has 0 aromatic heterocycles. The highest BCUT2D eigenvalue weighted by Gasteiger charge is 2.19. The molecular weight excluding hydrogens is 901 g/mol. The van der Waals surface area contributed by atoms with E-state index in [0.717, 1.165) is 122 Å². The lowest BCUT2D eigenvalue weighted by Gasteiger charge is -2.18. The molecule has 1 unspecified atom stereocenters. The topological polar surface area (TPSA) is 78.9 Å². The lowest BCUT2D eigenvalue weighted by Crippen LogP contribution is -2.30. The summed E-state index contributed by atoms with van der Waals surface area (Å²) in [4.78, 5) is 37.8. The Bertz CT molecular complexity index is 1540. The minimum Gasteiger partial charge on any atom is -0.462 e. The monoisotopic (exact) mass is 1010 g/mol. The van der Waals surface area contributed by atoms with Gasteiger partial charge in [0.1, 0.15) is 13.2 Å². The van der Waals surface area contributed by atoms with Crippen LogP contribution in [0.25, 0.3) is 0 Å². The van der Waals surface area contributed by atoms with Gasteiger partial charge in [0.05, 0.1) is 0 Å². The van der Waals surface area contributed by atoms with E-state index in [4.69, 9.17) is 14.2 Å². The van der Waals surface area contributed by atoms with Crippen molar-refractivity contribution in [2.45, 2.75) is 271 Å². The van der Waals surface area contributed by atoms with Gasteiger partial charge in [0.25, 0.3) is 0 Å². The molecule has 0 amide bonds. The van der Waals surface area contributed by atoms with E-state index in [2.05, 4.69) is 142 Å². The number of allylic oxidation sites excluding steroid dienone is 20. The molecule has 73 heavy (non-hydrogen) atoms. The van der Waals surface area contributed by atoms with Crippen molar-refractivity contribution >= 4 is 17.9 Å². The van der Waals surface area contributed by atoms with Crippen LogP contribution in [0.4, 0.5) is 0 Å². The summed E-state index contributed by atoms with van der Waals surface area (Å²) >= 11 is 0. The maximum absolute atomic E-state index is 12.7. The molecule has 6 nitrogen and oxygen atoms in total. The number of ether oxygens (including phenoxy) is 3. The third kappa shape index (κ3) is 58.6. The first-order valence-electron chi connectivity index (χ1n) is 30.0. The van der Waals surface area contributed by atoms with E-state index in [9.17, 15) is 14.4 Å². The second-order valence-electron chi connectivity index (χ2n) is 19.5. The van der Waals surface area contributed by atoms with E-state index in [0.29, 0.717) is 19.3 Å². The number of unbranched alkanes of at least 4 members (excludes halogenated alkanes) is 22. The Balaban J connectivity index is 4.03. The number of hydrogen-bond acceptors (Lipinski definition) is 6. The van der Waals surface area contributed by atoms with Crippen molar-refractivity contribution in [1.82, 2.24) is 0 Å². The van der Waals surface area contributed by atoms with E-state index < -0.39 is 6.10 Å². The highest BCUT2D eigenvalue weighted by molar-refractivity contribution is 5.71. The third-order valence-electron chi connectivity index (χ3n) is 12.5. The quantitative estimate of drug-likeness (QED) is 0.0261. The minimum absolute atomic E-state index is 0.101. The first-order valence-corrected chi connectivity index (χ1v) is 30.0. The Morgan fingerprint density at radius 2 is 0.548 bits per heavy atom. The van der Waals surface area contributed by atoms with Gasteiger partial charge in [-0.2, -0.15) is 0 Å². The van der Waals surface area contributed by atoms with Crippen LogP contribution in [0.3, 0.4) is 0 Å². The lowest BCUT2D eigenvalue weighted by molar-refractivity contribution is -0.167. The average molecular weight is 1010 g/mol. The lowest BCUT2D eigenvalue weighted by atomic mass is 10.0. The van der Waals surface area contributed by atoms with E-state index in [1.807, 2.05) is 0 Å². The van der Waals surface area contributed by atoms with Gasteiger partial charge >= 0.3 is 17.9 Å². The first kappa shape index (κ1) is 68.8. The Morgan fingerprint density at radius 3 is 0.877 bits per heavy atom. The minimum atomic E-state index is -0.805. The molecular formula is C67H110O6. The zero-order valence-corrected chi connectivity index (χ0v) is 47.4. The third-order valence-corrected chi connectivity index (χ3v) is 12.5. The van der Waals surface area contributed by atoms with Crippen LogP contribution < -0.4 is 0 Å². The van der Waals surface area contributed by atoms with Gasteiger partial charge in [-0.3, -0.25) is 14.4 Å². The number of carbonyl (C=O) groups is 3. The summed E-state index contributed by atoms with van der Waals surface area (Å²) in [7, 11) is 0. The average Bonchev–Trinajstić information content (AvgIpc) is 3.39. The summed E-state index contributed by atoms with van der Waals surface area (Å²) < 4.78 is 16.7. The highest BCUT2D eigenvalue weighted by Crippen LogP contribution is 2.16. The van der Waals surface area contributed by atoms with Crippen molar-refractivity contribution in [2.75, 3.05) is 13.2 Å². The Morgan fingerprint density at radius 1 is 0.288 bits per heavy atom. The summed E-state index contributed by atoms with van der Waals surface area (Å²) in [6.07, 6.45) is 84.1. The fourth-order valence-corrected chi connectivity index (χ4v) is 8.03. The molecule has 0 aromatic rings. The molecule has 0 N–H and O–H groups in total. The largest absolute Gasteiger partial charge is 0.462 e. The maximum atomic E-state index is 12.7. The van der Waals surface area contributed by atoms with Crippen molar-refractivity contribution < 1.29 is 28.6 Å². The second kappa shape index (κ2) is 60.4. The number of hydrogen-bond donors (Lipinski definition) is 0. The van der Waals surface area contributed by atoms with Crippen molar-refractivity contribution in [3.8, 4) is 0 Å². The molecule has 0 fully saturated rings. The zero-order valence-electron chi connectivity index (χ0n) is 47.4. The summed E-state index contributed by atoms with van der Waals surface area (Å²) in [6.45, 7) is 6.28. The highest BCUT2D eigenvalue weighted by atomic mass is 16.6. The van der Waals surface area contributed by atoms with E-state index in [1.54, 1.807) is 0 Å². The zero-order chi connectivity index (χ0) is 52.9. The van der Waals surface area contributed by atoms with Crippen molar-refractivity contribution in [3.63, 3.8) is 0 Å². The number of esters is 3. The standard InChI is InChI=1S/C67H110O6/c1-4-7-10-13-15-17-19-21-23-25-26-27-28-29-30-31-32-33-34-35-36-37-38-39-40-42-43-45-47-49-51-54-57-60-66(69)72-63-64(62-71-65(68)59-56-53-12-9-6-3)73-67(70)61-58-55-52-50-48-46-44-41-24-22-20-18-16-14-11-8-5-2/h7-8,10-11,15-18,21-24,26-27,29-30,44,46,50,52,64H,4-6,9,12-14,19-20,25,28,31-43,45,47-49,51,53-63H2,1-3H3/b10-7-,11-8-,17-15-,18-16-,23-21-,24-22-,27-26-,30-29-,46-44-,52-50-. The molecule has 0 rings (SSSR count). The van der Waals surface area contributed by atoms with Crippen LogP contribution in [0.5, 0.6) is 0 Å². The fourth-order valence-electron chi connectivity index (χ4n) is 8.03. The fraction of sp³-hybridized carbons (Fsp3) is 0.657. The molecule has 0 aliphatic rings. The van der Waals surface area contributed by atoms with Gasteiger partial charge in [-0.05, 0) is 103 Å². The summed E-state index contributed by atoms with van der Waals surface area (Å²) in [6, 6.07) is 0. The second-order valence-corrected chi connectivity index (χ2v) is 19.5. The summed E-state index contributed by atoms with van der Waals surface area (Å²) in [5.74, 6) is -0.974. The molecule has 6 heteroatoms. The van der Waals surface area contributed by atoms with E-state index in [-0.39, 0.29) is 37.5 Å². The van der Waals surface area contributed by atoms with Crippen molar-refractivity contribution in [1.29, 1.82) is 0 Å². The van der Waals surface area contributed by atoms with Gasteiger partial charge in [0, 0.05) is 19.3 Å². The molecule has 414 valence electrons. The molecule has 0 aromatic carbocycles. The van der Waals surface area contributed by atoms with Crippen LogP contribution in [-0.4, -0.2) is 37.2 Å². The maximum Gasteiger partial charge on any atom is 0.306 e. The summed E-state index contributed by atoms with van der Waals surface area (Å²) in [5, 5.41) is 0. The summed E-state index contributed by atoms with van der Waals surface area (Å²) in [5.41, 5.74) is 0. The first-order chi connectivity index (χ1) is 36.0. The van der Waals surface area contributed by atoms with Crippen LogP contribution >= 0.6 is 0 Å². The molecule has 0 aliphatic heterocycles. The molecule has 0 heterocycles. The Hall–Kier alpha value is -4.19. The molecule has 0 aliphatic carbocycles. The molecule has 0 bridgehead atoms. The molecule has 0 saturated heterocycles. The van der Waals surface area contributed by atoms with Gasteiger partial charge in [0.2, 0.25) is 0 Å². The predicted molar refractivity (Wildman–Crippen MR) is 316 cm³/mol. The van der Waals surface area contributed by atoms with Crippen LogP contribution in [0.1, 0.15) is 265 Å². The van der Waals surface area contributed by atoms with Gasteiger partial charge in [0.15, 0.2) is 6.10 Å². The van der Waals surface area contributed by atoms with E-state index >= 15 is 0 Å². The smallest absolute Gasteiger partial charge is 0.306 e. The van der Waals surface area contributed by atoms with Crippen LogP contribution in [0.2, 0.25) is 0 Å². The number of carbonyl (C=O) groups excluding carboxylic acids is 3. The van der Waals surface area contributed by atoms with Crippen molar-refractivity contribution in [3.05, 3.63) is 122 Å². The van der Waals surface area contributed by atoms with Crippen molar-refractivity contribution in [2.24, 2.45) is 0 Å². The van der Waals surface area contributed by atoms with Gasteiger partial charge in [-0.15, -0.1) is 0 Å². The Kier molecular flexibility index (Phi) is 56.9.